The van der Waals surface area contributed by atoms with Crippen molar-refractivity contribution in [3.63, 3.8) is 0 Å². The van der Waals surface area contributed by atoms with Crippen LogP contribution in [0.25, 0.3) is 0 Å². The number of amides is 1. The maximum Gasteiger partial charge on any atom is 0.226 e. The number of nitrogen functional groups attached to an aromatic ring is 1. The molecule has 2 aromatic rings. The van der Waals surface area contributed by atoms with Crippen LogP contribution in [0.5, 0.6) is 0 Å². The summed E-state index contributed by atoms with van der Waals surface area (Å²) in [5, 5.41) is 3.25. The standard InChI is InChI=1S/C12H10BrN3OS/c13-8-4-2-1-3-6(8)7-5-9(17)15-11-10(7)18-12(14)16-11/h1-4,7H,5H2,(H2,14,16)(H,15,17). The molecule has 3 N–H and O–H groups in total. The van der Waals surface area contributed by atoms with Gasteiger partial charge in [0.05, 0.1) is 4.88 Å². The Kier molecular flexibility index (Phi) is 2.83. The summed E-state index contributed by atoms with van der Waals surface area (Å²) in [4.78, 5) is 16.9. The molecule has 1 amide bonds. The Balaban J connectivity index is 2.13. The fourth-order valence-electron chi connectivity index (χ4n) is 2.14. The Bertz CT molecular complexity index is 626. The average Bonchev–Trinajstić information content (AvgIpc) is 2.69. The van der Waals surface area contributed by atoms with E-state index in [2.05, 4.69) is 26.2 Å². The van der Waals surface area contributed by atoms with Gasteiger partial charge < -0.3 is 11.1 Å². The molecule has 1 aliphatic heterocycles. The zero-order valence-corrected chi connectivity index (χ0v) is 11.7. The van der Waals surface area contributed by atoms with Crippen LogP contribution in [0.1, 0.15) is 22.8 Å². The molecular weight excluding hydrogens is 314 g/mol. The number of halogens is 1. The number of thiazole rings is 1. The summed E-state index contributed by atoms with van der Waals surface area (Å²) >= 11 is 4.97. The van der Waals surface area contributed by atoms with Crippen molar-refractivity contribution >= 4 is 44.1 Å². The third-order valence-corrected chi connectivity index (χ3v) is 4.63. The molecule has 0 bridgehead atoms. The Labute approximate surface area is 116 Å². The quantitative estimate of drug-likeness (QED) is 0.847. The zero-order valence-electron chi connectivity index (χ0n) is 9.31. The molecule has 0 radical (unpaired) electrons. The third-order valence-electron chi connectivity index (χ3n) is 2.91. The van der Waals surface area contributed by atoms with Crippen molar-refractivity contribution in [2.45, 2.75) is 12.3 Å². The number of nitrogens with two attached hydrogens (primary N) is 1. The van der Waals surface area contributed by atoms with E-state index in [0.717, 1.165) is 14.9 Å². The highest BCUT2D eigenvalue weighted by molar-refractivity contribution is 9.10. The highest BCUT2D eigenvalue weighted by atomic mass is 79.9. The van der Waals surface area contributed by atoms with Gasteiger partial charge in [-0.05, 0) is 11.6 Å². The maximum absolute atomic E-state index is 11.7. The molecule has 1 aliphatic rings. The molecule has 6 heteroatoms. The van der Waals surface area contributed by atoms with E-state index >= 15 is 0 Å². The van der Waals surface area contributed by atoms with Gasteiger partial charge in [0, 0.05) is 16.8 Å². The highest BCUT2D eigenvalue weighted by Gasteiger charge is 2.30. The molecule has 0 spiro atoms. The topological polar surface area (TPSA) is 68.0 Å². The number of hydrogen-bond donors (Lipinski definition) is 2. The van der Waals surface area contributed by atoms with Gasteiger partial charge in [0.25, 0.3) is 0 Å². The largest absolute Gasteiger partial charge is 0.375 e. The summed E-state index contributed by atoms with van der Waals surface area (Å²) in [6, 6.07) is 7.92. The third kappa shape index (κ3) is 1.91. The van der Waals surface area contributed by atoms with Crippen LogP contribution in [-0.2, 0) is 4.79 Å². The Morgan fingerprint density at radius 2 is 2.22 bits per heavy atom. The molecule has 1 aromatic heterocycles. The minimum Gasteiger partial charge on any atom is -0.375 e. The molecule has 3 rings (SSSR count). The number of nitrogens with one attached hydrogen (secondary N) is 1. The second kappa shape index (κ2) is 4.37. The first kappa shape index (κ1) is 11.7. The molecule has 0 fully saturated rings. The monoisotopic (exact) mass is 323 g/mol. The molecule has 1 atom stereocenters. The Morgan fingerprint density at radius 1 is 1.44 bits per heavy atom. The second-order valence-electron chi connectivity index (χ2n) is 4.09. The molecule has 92 valence electrons. The fourth-order valence-corrected chi connectivity index (χ4v) is 3.61. The summed E-state index contributed by atoms with van der Waals surface area (Å²) in [6.45, 7) is 0. The first-order valence-electron chi connectivity index (χ1n) is 5.45. The first-order valence-corrected chi connectivity index (χ1v) is 7.06. The number of carbonyl (C=O) groups is 1. The van der Waals surface area contributed by atoms with Crippen LogP contribution in [0.15, 0.2) is 28.7 Å². The molecule has 0 aliphatic carbocycles. The van der Waals surface area contributed by atoms with E-state index < -0.39 is 0 Å². The van der Waals surface area contributed by atoms with Gasteiger partial charge >= 0.3 is 0 Å². The average molecular weight is 324 g/mol. The van der Waals surface area contributed by atoms with Gasteiger partial charge in [-0.1, -0.05) is 45.5 Å². The number of carbonyl (C=O) groups excluding carboxylic acids is 1. The van der Waals surface area contributed by atoms with E-state index in [1.54, 1.807) is 0 Å². The van der Waals surface area contributed by atoms with E-state index in [0.29, 0.717) is 17.4 Å². The number of rotatable bonds is 1. The van der Waals surface area contributed by atoms with Gasteiger partial charge in [-0.3, -0.25) is 4.79 Å². The van der Waals surface area contributed by atoms with Gasteiger partial charge in [-0.2, -0.15) is 0 Å². The van der Waals surface area contributed by atoms with Crippen LogP contribution in [0.4, 0.5) is 10.9 Å². The van der Waals surface area contributed by atoms with Crippen LogP contribution in [0.3, 0.4) is 0 Å². The lowest BCUT2D eigenvalue weighted by Gasteiger charge is -2.22. The van der Waals surface area contributed by atoms with Gasteiger partial charge in [0.2, 0.25) is 5.91 Å². The molecule has 1 unspecified atom stereocenters. The summed E-state index contributed by atoms with van der Waals surface area (Å²) in [7, 11) is 0. The van der Waals surface area contributed by atoms with Crippen LogP contribution in [0, 0.1) is 0 Å². The molecular formula is C12H10BrN3OS. The Hall–Kier alpha value is -1.40. The number of aromatic nitrogens is 1. The summed E-state index contributed by atoms with van der Waals surface area (Å²) in [6.07, 6.45) is 0.428. The smallest absolute Gasteiger partial charge is 0.226 e. The van der Waals surface area contributed by atoms with Crippen molar-refractivity contribution < 1.29 is 4.79 Å². The van der Waals surface area contributed by atoms with Crippen LogP contribution in [0.2, 0.25) is 0 Å². The van der Waals surface area contributed by atoms with Crippen LogP contribution in [-0.4, -0.2) is 10.9 Å². The minimum atomic E-state index is -0.0199. The lowest BCUT2D eigenvalue weighted by atomic mass is 9.92. The van der Waals surface area contributed by atoms with Gasteiger partial charge in [-0.15, -0.1) is 0 Å². The number of anilines is 2. The van der Waals surface area contributed by atoms with E-state index in [4.69, 9.17) is 5.73 Å². The van der Waals surface area contributed by atoms with Crippen LogP contribution >= 0.6 is 27.3 Å². The minimum absolute atomic E-state index is 0.0199. The summed E-state index contributed by atoms with van der Waals surface area (Å²) in [5.74, 6) is 0.613. The molecule has 4 nitrogen and oxygen atoms in total. The van der Waals surface area contributed by atoms with Crippen molar-refractivity contribution in [2.75, 3.05) is 11.1 Å². The predicted molar refractivity (Wildman–Crippen MR) is 75.8 cm³/mol. The maximum atomic E-state index is 11.7. The molecule has 18 heavy (non-hydrogen) atoms. The summed E-state index contributed by atoms with van der Waals surface area (Å²) < 4.78 is 1.00. The van der Waals surface area contributed by atoms with E-state index in [1.165, 1.54) is 11.3 Å². The van der Waals surface area contributed by atoms with Crippen molar-refractivity contribution in [2.24, 2.45) is 0 Å². The van der Waals surface area contributed by atoms with E-state index in [9.17, 15) is 4.79 Å². The zero-order chi connectivity index (χ0) is 12.7. The van der Waals surface area contributed by atoms with E-state index in [1.807, 2.05) is 24.3 Å². The van der Waals surface area contributed by atoms with Gasteiger partial charge in [0.1, 0.15) is 5.82 Å². The molecule has 0 saturated carbocycles. The number of fused-ring (bicyclic) bond motifs is 1. The van der Waals surface area contributed by atoms with Crippen molar-refractivity contribution in [1.82, 2.24) is 4.98 Å². The normalized spacial score (nSPS) is 18.3. The molecule has 0 saturated heterocycles. The number of benzene rings is 1. The van der Waals surface area contributed by atoms with Gasteiger partial charge in [-0.25, -0.2) is 4.98 Å². The number of nitrogens with zero attached hydrogens (tertiary/aromatic N) is 1. The lowest BCUT2D eigenvalue weighted by molar-refractivity contribution is -0.116. The van der Waals surface area contributed by atoms with Crippen molar-refractivity contribution in [3.8, 4) is 0 Å². The van der Waals surface area contributed by atoms with Gasteiger partial charge in [0.15, 0.2) is 5.13 Å². The highest BCUT2D eigenvalue weighted by Crippen LogP contribution is 2.43. The van der Waals surface area contributed by atoms with E-state index in [-0.39, 0.29) is 11.8 Å². The fraction of sp³-hybridized carbons (Fsp3) is 0.167. The Morgan fingerprint density at radius 3 is 3.00 bits per heavy atom. The molecule has 2 heterocycles. The van der Waals surface area contributed by atoms with Crippen molar-refractivity contribution in [1.29, 1.82) is 0 Å². The first-order chi connectivity index (χ1) is 8.65. The van der Waals surface area contributed by atoms with Crippen LogP contribution < -0.4 is 11.1 Å². The molecule has 1 aromatic carbocycles. The number of hydrogen-bond acceptors (Lipinski definition) is 4. The SMILES string of the molecule is Nc1nc2c(s1)C(c1ccccc1Br)CC(=O)N2. The van der Waals surface area contributed by atoms with Crippen molar-refractivity contribution in [3.05, 3.63) is 39.2 Å². The lowest BCUT2D eigenvalue weighted by Crippen LogP contribution is -2.22. The summed E-state index contributed by atoms with van der Waals surface area (Å²) in [5.41, 5.74) is 6.82. The predicted octanol–water partition coefficient (Wildman–Crippen LogP) is 2.96. The second-order valence-corrected chi connectivity index (χ2v) is 6.01.